The highest BCUT2D eigenvalue weighted by Gasteiger charge is 2.19. The van der Waals surface area contributed by atoms with E-state index in [4.69, 9.17) is 0 Å². The van der Waals surface area contributed by atoms with Crippen LogP contribution in [-0.2, 0) is 13.1 Å². The second kappa shape index (κ2) is 10.3. The molecule has 0 aliphatic rings. The molecule has 0 unspecified atom stereocenters. The van der Waals surface area contributed by atoms with E-state index in [1.807, 2.05) is 0 Å². The number of nitro groups is 2. The van der Waals surface area contributed by atoms with Gasteiger partial charge in [0.15, 0.2) is 0 Å². The van der Waals surface area contributed by atoms with Gasteiger partial charge in [0.25, 0.3) is 23.2 Å². The molecule has 3 aromatic carbocycles. The number of hydrogen-bond donors (Lipinski definition) is 2. The summed E-state index contributed by atoms with van der Waals surface area (Å²) in [6.45, 7) is 3.43. The van der Waals surface area contributed by atoms with Gasteiger partial charge in [-0.3, -0.25) is 29.8 Å². The van der Waals surface area contributed by atoms with Crippen LogP contribution in [0.3, 0.4) is 0 Å². The van der Waals surface area contributed by atoms with Crippen LogP contribution in [0.1, 0.15) is 43.0 Å². The van der Waals surface area contributed by atoms with Crippen LogP contribution in [0.2, 0.25) is 0 Å². The van der Waals surface area contributed by atoms with Crippen molar-refractivity contribution in [1.82, 2.24) is 10.6 Å². The van der Waals surface area contributed by atoms with Crippen molar-refractivity contribution in [1.29, 1.82) is 0 Å². The molecule has 0 aliphatic heterocycles. The minimum absolute atomic E-state index is 0.121. The molecular formula is C24H22N4O6. The third kappa shape index (κ3) is 5.41. The first-order chi connectivity index (χ1) is 16.2. The van der Waals surface area contributed by atoms with E-state index in [-0.39, 0.29) is 46.7 Å². The molecule has 2 amide bonds. The average molecular weight is 462 g/mol. The zero-order chi connectivity index (χ0) is 24.8. The summed E-state index contributed by atoms with van der Waals surface area (Å²) in [5.41, 5.74) is 2.34. The maximum atomic E-state index is 12.5. The zero-order valence-corrected chi connectivity index (χ0v) is 18.5. The molecule has 0 spiro atoms. The fourth-order valence-corrected chi connectivity index (χ4v) is 3.54. The molecule has 0 radical (unpaired) electrons. The molecule has 3 rings (SSSR count). The maximum Gasteiger partial charge on any atom is 0.273 e. The molecule has 2 N–H and O–H groups in total. The van der Waals surface area contributed by atoms with Gasteiger partial charge < -0.3 is 10.6 Å². The summed E-state index contributed by atoms with van der Waals surface area (Å²) >= 11 is 0. The molecule has 10 nitrogen and oxygen atoms in total. The van der Waals surface area contributed by atoms with Crippen molar-refractivity contribution in [3.05, 3.63) is 114 Å². The van der Waals surface area contributed by atoms with Crippen LogP contribution in [0.15, 0.2) is 60.7 Å². The normalized spacial score (nSPS) is 10.4. The van der Waals surface area contributed by atoms with Gasteiger partial charge in [-0.1, -0.05) is 36.4 Å². The molecule has 3 aromatic rings. The number of amides is 2. The fraction of sp³-hybridized carbons (Fsp3) is 0.167. The first kappa shape index (κ1) is 24.1. The van der Waals surface area contributed by atoms with Crippen LogP contribution < -0.4 is 10.6 Å². The van der Waals surface area contributed by atoms with Crippen molar-refractivity contribution in [3.63, 3.8) is 0 Å². The van der Waals surface area contributed by atoms with E-state index in [0.717, 1.165) is 11.1 Å². The summed E-state index contributed by atoms with van der Waals surface area (Å²) in [6, 6.07) is 15.9. The minimum Gasteiger partial charge on any atom is -0.348 e. The molecule has 0 heterocycles. The van der Waals surface area contributed by atoms with Gasteiger partial charge in [-0.15, -0.1) is 0 Å². The average Bonchev–Trinajstić information content (AvgIpc) is 2.81. The molecule has 0 fully saturated rings. The molecule has 0 saturated carbocycles. The summed E-state index contributed by atoms with van der Waals surface area (Å²) in [7, 11) is 0. The van der Waals surface area contributed by atoms with E-state index in [1.165, 1.54) is 50.2 Å². The van der Waals surface area contributed by atoms with E-state index in [0.29, 0.717) is 0 Å². The molecule has 174 valence electrons. The lowest BCUT2D eigenvalue weighted by Gasteiger charge is -2.11. The third-order valence-electron chi connectivity index (χ3n) is 5.39. The lowest BCUT2D eigenvalue weighted by atomic mass is 10.1. The quantitative estimate of drug-likeness (QED) is 0.383. The van der Waals surface area contributed by atoms with Crippen LogP contribution in [0.5, 0.6) is 0 Å². The molecule has 0 aliphatic carbocycles. The largest absolute Gasteiger partial charge is 0.348 e. The van der Waals surface area contributed by atoms with Crippen molar-refractivity contribution in [2.75, 3.05) is 0 Å². The van der Waals surface area contributed by atoms with Crippen LogP contribution in [0.4, 0.5) is 11.4 Å². The fourth-order valence-electron chi connectivity index (χ4n) is 3.54. The molecular weight excluding hydrogens is 440 g/mol. The van der Waals surface area contributed by atoms with Crippen LogP contribution >= 0.6 is 0 Å². The number of carbonyl (C=O) groups is 2. The van der Waals surface area contributed by atoms with Crippen molar-refractivity contribution >= 4 is 23.2 Å². The molecule has 0 atom stereocenters. The standard InChI is InChI=1S/C24H22N4O6/c1-15-19(8-4-10-21(15)27(31)32)23(29)25-13-17-6-3-7-18(12-17)14-26-24(30)20-9-5-11-22(16(20)2)28(33)34/h3-12H,13-14H2,1-2H3,(H,25,29)(H,26,30). The Morgan fingerprint density at radius 1 is 0.706 bits per heavy atom. The number of nitrogens with one attached hydrogen (secondary N) is 2. The van der Waals surface area contributed by atoms with Gasteiger partial charge in [0, 0.05) is 47.5 Å². The third-order valence-corrected chi connectivity index (χ3v) is 5.39. The van der Waals surface area contributed by atoms with Crippen LogP contribution in [0.25, 0.3) is 0 Å². The number of carbonyl (C=O) groups excluding carboxylic acids is 2. The number of nitro benzene ring substituents is 2. The molecule has 0 bridgehead atoms. The number of rotatable bonds is 8. The van der Waals surface area contributed by atoms with Gasteiger partial charge in [-0.05, 0) is 37.1 Å². The minimum atomic E-state index is -0.529. The monoisotopic (exact) mass is 462 g/mol. The Labute approximate surface area is 194 Å². The lowest BCUT2D eigenvalue weighted by Crippen LogP contribution is -2.25. The smallest absolute Gasteiger partial charge is 0.273 e. The summed E-state index contributed by atoms with van der Waals surface area (Å²) < 4.78 is 0. The summed E-state index contributed by atoms with van der Waals surface area (Å²) in [5, 5.41) is 27.7. The SMILES string of the molecule is Cc1c(C(=O)NCc2cccc(CNC(=O)c3cccc([N+](=O)[O-])c3C)c2)cccc1[N+](=O)[O-]. The number of hydrogen-bond acceptors (Lipinski definition) is 6. The van der Waals surface area contributed by atoms with Gasteiger partial charge >= 0.3 is 0 Å². The lowest BCUT2D eigenvalue weighted by molar-refractivity contribution is -0.385. The highest BCUT2D eigenvalue weighted by Crippen LogP contribution is 2.22. The first-order valence-corrected chi connectivity index (χ1v) is 10.3. The van der Waals surface area contributed by atoms with E-state index in [2.05, 4.69) is 10.6 Å². The van der Waals surface area contributed by atoms with Crippen molar-refractivity contribution in [2.24, 2.45) is 0 Å². The Morgan fingerprint density at radius 2 is 1.09 bits per heavy atom. The molecule has 0 saturated heterocycles. The van der Waals surface area contributed by atoms with Gasteiger partial charge in [-0.25, -0.2) is 0 Å². The summed E-state index contributed by atoms with van der Waals surface area (Å²) in [6.07, 6.45) is 0. The highest BCUT2D eigenvalue weighted by atomic mass is 16.6. The topological polar surface area (TPSA) is 144 Å². The predicted octanol–water partition coefficient (Wildman–Crippen LogP) is 3.98. The Balaban J connectivity index is 1.64. The van der Waals surface area contributed by atoms with E-state index < -0.39 is 21.7 Å². The molecule has 34 heavy (non-hydrogen) atoms. The summed E-state index contributed by atoms with van der Waals surface area (Å²) in [5.74, 6) is -0.859. The molecule has 10 heteroatoms. The highest BCUT2D eigenvalue weighted by molar-refractivity contribution is 5.97. The van der Waals surface area contributed by atoms with E-state index >= 15 is 0 Å². The number of nitrogens with zero attached hydrogens (tertiary/aromatic N) is 2. The molecule has 0 aromatic heterocycles. The van der Waals surface area contributed by atoms with E-state index in [9.17, 15) is 29.8 Å². The second-order valence-electron chi connectivity index (χ2n) is 7.60. The maximum absolute atomic E-state index is 12.5. The Kier molecular flexibility index (Phi) is 7.32. The second-order valence-corrected chi connectivity index (χ2v) is 7.60. The van der Waals surface area contributed by atoms with Crippen molar-refractivity contribution < 1.29 is 19.4 Å². The van der Waals surface area contributed by atoms with Gasteiger partial charge in [0.1, 0.15) is 0 Å². The van der Waals surface area contributed by atoms with Gasteiger partial charge in [0.2, 0.25) is 0 Å². The number of benzene rings is 3. The zero-order valence-electron chi connectivity index (χ0n) is 18.5. The van der Waals surface area contributed by atoms with Gasteiger partial charge in [0.05, 0.1) is 9.85 Å². The van der Waals surface area contributed by atoms with E-state index in [1.54, 1.807) is 24.3 Å². The van der Waals surface area contributed by atoms with Gasteiger partial charge in [-0.2, -0.15) is 0 Å². The van der Waals surface area contributed by atoms with Crippen molar-refractivity contribution in [3.8, 4) is 0 Å². The Morgan fingerprint density at radius 3 is 1.47 bits per heavy atom. The van der Waals surface area contributed by atoms with Crippen LogP contribution in [-0.4, -0.2) is 21.7 Å². The first-order valence-electron chi connectivity index (χ1n) is 10.3. The Hall–Kier alpha value is -4.60. The Bertz CT molecular complexity index is 1190. The summed E-state index contributed by atoms with van der Waals surface area (Å²) in [4.78, 5) is 46.2. The van der Waals surface area contributed by atoms with Crippen molar-refractivity contribution in [2.45, 2.75) is 26.9 Å². The van der Waals surface area contributed by atoms with Crippen LogP contribution in [0, 0.1) is 34.1 Å². The predicted molar refractivity (Wildman–Crippen MR) is 124 cm³/mol.